The monoisotopic (exact) mass is 436 g/mol. The first kappa shape index (κ1) is 21.9. The molecule has 1 amide bonds. The van der Waals surface area contributed by atoms with Crippen LogP contribution in [-0.4, -0.2) is 32.0 Å². The van der Waals surface area contributed by atoms with Gasteiger partial charge in [0.05, 0.1) is 11.1 Å². The summed E-state index contributed by atoms with van der Waals surface area (Å²) >= 11 is 0. The molecule has 1 heterocycles. The van der Waals surface area contributed by atoms with Crippen molar-refractivity contribution in [3.8, 4) is 5.69 Å². The second kappa shape index (κ2) is 7.82. The summed E-state index contributed by atoms with van der Waals surface area (Å²) in [4.78, 5) is 23.8. The number of nitrogens with one attached hydrogen (secondary N) is 1. The quantitative estimate of drug-likeness (QED) is 0.589. The molecule has 0 spiro atoms. The lowest BCUT2D eigenvalue weighted by Gasteiger charge is -2.19. The van der Waals surface area contributed by atoms with Crippen LogP contribution in [0.15, 0.2) is 48.5 Å². The molecule has 0 unspecified atom stereocenters. The van der Waals surface area contributed by atoms with E-state index in [0.29, 0.717) is 10.2 Å². The number of carboxylic acids is 1. The summed E-state index contributed by atoms with van der Waals surface area (Å²) in [6, 6.07) is 9.70. The molecule has 0 saturated carbocycles. The Labute approximate surface area is 173 Å². The largest absolute Gasteiger partial charge is 0.481 e. The van der Waals surface area contributed by atoms with Crippen LogP contribution in [0.3, 0.4) is 0 Å². The van der Waals surface area contributed by atoms with Crippen LogP contribution >= 0.6 is 0 Å². The molecule has 0 saturated heterocycles. The van der Waals surface area contributed by atoms with E-state index in [0.717, 1.165) is 24.3 Å². The fourth-order valence-electron chi connectivity index (χ4n) is 2.74. The Kier molecular flexibility index (Phi) is 5.53. The number of aromatic nitrogens is 3. The SMILES string of the molecule is CC(C)(C(=O)O)c1ccc(NC(=O)c2nnn(-c3ccc(F)cc3)c2C(F)(F)F)cc1. The van der Waals surface area contributed by atoms with E-state index >= 15 is 0 Å². The summed E-state index contributed by atoms with van der Waals surface area (Å²) in [6.07, 6.45) is -4.97. The fourth-order valence-corrected chi connectivity index (χ4v) is 2.74. The third kappa shape index (κ3) is 4.39. The van der Waals surface area contributed by atoms with Gasteiger partial charge in [0.2, 0.25) is 0 Å². The third-order valence-electron chi connectivity index (χ3n) is 4.62. The van der Waals surface area contributed by atoms with Gasteiger partial charge in [0.1, 0.15) is 5.82 Å². The molecule has 3 rings (SSSR count). The molecular weight excluding hydrogens is 420 g/mol. The molecular formula is C20H16F4N4O3. The lowest BCUT2D eigenvalue weighted by molar-refractivity contribution is -0.143. The predicted octanol–water partition coefficient (Wildman–Crippen LogP) is 4.04. The maximum Gasteiger partial charge on any atom is 0.435 e. The molecule has 0 atom stereocenters. The van der Waals surface area contributed by atoms with Crippen LogP contribution < -0.4 is 5.32 Å². The number of carboxylic acid groups (broad SMARTS) is 1. The maximum atomic E-state index is 13.7. The smallest absolute Gasteiger partial charge is 0.435 e. The van der Waals surface area contributed by atoms with Gasteiger partial charge in [0, 0.05) is 5.69 Å². The van der Waals surface area contributed by atoms with Crippen LogP contribution in [0.25, 0.3) is 5.69 Å². The van der Waals surface area contributed by atoms with Crippen LogP contribution in [0.5, 0.6) is 0 Å². The van der Waals surface area contributed by atoms with Gasteiger partial charge in [-0.15, -0.1) is 5.10 Å². The van der Waals surface area contributed by atoms with E-state index < -0.39 is 40.7 Å². The molecule has 0 bridgehead atoms. The Bertz CT molecular complexity index is 1120. The molecule has 0 aliphatic carbocycles. The van der Waals surface area contributed by atoms with Crippen LogP contribution in [0.1, 0.15) is 35.6 Å². The minimum Gasteiger partial charge on any atom is -0.481 e. The highest BCUT2D eigenvalue weighted by atomic mass is 19.4. The van der Waals surface area contributed by atoms with Crippen molar-refractivity contribution in [2.24, 2.45) is 0 Å². The van der Waals surface area contributed by atoms with Gasteiger partial charge in [-0.3, -0.25) is 9.59 Å². The van der Waals surface area contributed by atoms with E-state index in [1.807, 2.05) is 0 Å². The summed E-state index contributed by atoms with van der Waals surface area (Å²) in [6.45, 7) is 2.98. The lowest BCUT2D eigenvalue weighted by Crippen LogP contribution is -2.28. The Balaban J connectivity index is 1.92. The number of nitrogens with zero attached hydrogens (tertiary/aromatic N) is 3. The molecule has 0 radical (unpaired) electrons. The Morgan fingerprint density at radius 3 is 2.10 bits per heavy atom. The average molecular weight is 436 g/mol. The zero-order chi connectivity index (χ0) is 23.0. The second-order valence-electron chi connectivity index (χ2n) is 7.13. The van der Waals surface area contributed by atoms with Gasteiger partial charge in [-0.05, 0) is 55.8 Å². The number of anilines is 1. The number of halogens is 4. The second-order valence-corrected chi connectivity index (χ2v) is 7.13. The van der Waals surface area contributed by atoms with Gasteiger partial charge < -0.3 is 10.4 Å². The van der Waals surface area contributed by atoms with E-state index in [9.17, 15) is 32.3 Å². The van der Waals surface area contributed by atoms with Gasteiger partial charge in [-0.1, -0.05) is 17.3 Å². The molecule has 162 valence electrons. The molecule has 7 nitrogen and oxygen atoms in total. The maximum absolute atomic E-state index is 13.7. The molecule has 3 aromatic rings. The molecule has 0 fully saturated rings. The fraction of sp³-hybridized carbons (Fsp3) is 0.200. The van der Waals surface area contributed by atoms with Gasteiger partial charge in [-0.2, -0.15) is 13.2 Å². The number of amides is 1. The Morgan fingerprint density at radius 2 is 1.58 bits per heavy atom. The minimum absolute atomic E-state index is 0.125. The molecule has 2 aromatic carbocycles. The van der Waals surface area contributed by atoms with Gasteiger partial charge in [0.15, 0.2) is 11.4 Å². The van der Waals surface area contributed by atoms with Crippen LogP contribution in [0.2, 0.25) is 0 Å². The summed E-state index contributed by atoms with van der Waals surface area (Å²) in [5.74, 6) is -2.87. The van der Waals surface area contributed by atoms with Crippen LogP contribution in [0.4, 0.5) is 23.2 Å². The number of hydrogen-bond donors (Lipinski definition) is 2. The normalized spacial score (nSPS) is 11.9. The first-order valence-electron chi connectivity index (χ1n) is 8.85. The zero-order valence-corrected chi connectivity index (χ0v) is 16.2. The summed E-state index contributed by atoms with van der Waals surface area (Å²) < 4.78 is 54.5. The van der Waals surface area contributed by atoms with Crippen LogP contribution in [-0.2, 0) is 16.4 Å². The van der Waals surface area contributed by atoms with Crippen molar-refractivity contribution in [1.82, 2.24) is 15.0 Å². The van der Waals surface area contributed by atoms with E-state index in [4.69, 9.17) is 0 Å². The molecule has 31 heavy (non-hydrogen) atoms. The van der Waals surface area contributed by atoms with E-state index in [1.54, 1.807) is 0 Å². The van der Waals surface area contributed by atoms with Crippen molar-refractivity contribution < 1.29 is 32.3 Å². The number of carbonyl (C=O) groups excluding carboxylic acids is 1. The highest BCUT2D eigenvalue weighted by Gasteiger charge is 2.42. The molecule has 11 heteroatoms. The summed E-state index contributed by atoms with van der Waals surface area (Å²) in [7, 11) is 0. The minimum atomic E-state index is -4.97. The van der Waals surface area contributed by atoms with Crippen molar-refractivity contribution >= 4 is 17.6 Å². The molecule has 2 N–H and O–H groups in total. The topological polar surface area (TPSA) is 97.1 Å². The van der Waals surface area contributed by atoms with Gasteiger partial charge in [-0.25, -0.2) is 9.07 Å². The van der Waals surface area contributed by atoms with Crippen molar-refractivity contribution in [2.45, 2.75) is 25.4 Å². The Morgan fingerprint density at radius 1 is 1.00 bits per heavy atom. The van der Waals surface area contributed by atoms with Crippen molar-refractivity contribution in [3.05, 3.63) is 71.3 Å². The number of benzene rings is 2. The number of alkyl halides is 3. The predicted molar refractivity (Wildman–Crippen MR) is 101 cm³/mol. The van der Waals surface area contributed by atoms with Gasteiger partial charge >= 0.3 is 12.1 Å². The van der Waals surface area contributed by atoms with E-state index in [2.05, 4.69) is 15.6 Å². The molecule has 0 aliphatic heterocycles. The molecule has 1 aromatic heterocycles. The number of carbonyl (C=O) groups is 2. The van der Waals surface area contributed by atoms with Crippen molar-refractivity contribution in [3.63, 3.8) is 0 Å². The standard InChI is InChI=1S/C20H16F4N4O3/c1-19(2,18(30)31)11-3-7-13(8-4-11)25-17(29)15-16(20(22,23)24)28(27-26-15)14-9-5-12(21)6-10-14/h3-10H,1-2H3,(H,25,29)(H,30,31). The van der Waals surface area contributed by atoms with E-state index in [-0.39, 0.29) is 11.4 Å². The lowest BCUT2D eigenvalue weighted by atomic mass is 9.85. The highest BCUT2D eigenvalue weighted by molar-refractivity contribution is 6.03. The summed E-state index contributed by atoms with van der Waals surface area (Å²) in [5, 5.41) is 18.3. The Hall–Kier alpha value is -3.76. The number of hydrogen-bond acceptors (Lipinski definition) is 4. The van der Waals surface area contributed by atoms with Crippen molar-refractivity contribution in [1.29, 1.82) is 0 Å². The number of rotatable bonds is 5. The van der Waals surface area contributed by atoms with E-state index in [1.165, 1.54) is 38.1 Å². The summed E-state index contributed by atoms with van der Waals surface area (Å²) in [5.41, 5.74) is -3.12. The van der Waals surface area contributed by atoms with Gasteiger partial charge in [0.25, 0.3) is 5.91 Å². The zero-order valence-electron chi connectivity index (χ0n) is 16.2. The van der Waals surface area contributed by atoms with Crippen LogP contribution in [0, 0.1) is 5.82 Å². The number of aliphatic carboxylic acids is 1. The van der Waals surface area contributed by atoms with Crippen molar-refractivity contribution in [2.75, 3.05) is 5.32 Å². The first-order chi connectivity index (χ1) is 14.4. The molecule has 0 aliphatic rings. The highest BCUT2D eigenvalue weighted by Crippen LogP contribution is 2.33. The first-order valence-corrected chi connectivity index (χ1v) is 8.85. The third-order valence-corrected chi connectivity index (χ3v) is 4.62. The average Bonchev–Trinajstić information content (AvgIpc) is 3.15.